The van der Waals surface area contributed by atoms with Crippen LogP contribution in [0.2, 0.25) is 0 Å². The van der Waals surface area contributed by atoms with Crippen LogP contribution in [0, 0.1) is 0 Å². The average Bonchev–Trinajstić information content (AvgIpc) is 2.94. The largest absolute Gasteiger partial charge is 0.481 e. The normalized spacial score (nSPS) is 10.7. The third-order valence-corrected chi connectivity index (χ3v) is 2.94. The van der Waals surface area contributed by atoms with Gasteiger partial charge >= 0.3 is 5.97 Å². The van der Waals surface area contributed by atoms with Crippen molar-refractivity contribution < 1.29 is 14.6 Å². The van der Waals surface area contributed by atoms with E-state index >= 15 is 0 Å². The number of methoxy groups -OCH3 is 1. The Bertz CT molecular complexity index is 538. The first-order chi connectivity index (χ1) is 8.69. The van der Waals surface area contributed by atoms with E-state index in [4.69, 9.17) is 9.84 Å². The van der Waals surface area contributed by atoms with Gasteiger partial charge in [-0.2, -0.15) is 4.68 Å². The Morgan fingerprint density at radius 3 is 3.06 bits per heavy atom. The van der Waals surface area contributed by atoms with Crippen LogP contribution in [0.4, 0.5) is 0 Å². The lowest BCUT2D eigenvalue weighted by Gasteiger charge is -1.90. The van der Waals surface area contributed by atoms with Gasteiger partial charge in [-0.05, 0) is 0 Å². The van der Waals surface area contributed by atoms with E-state index in [-0.39, 0.29) is 6.42 Å². The molecule has 2 aromatic heterocycles. The minimum absolute atomic E-state index is 0.0315. The first kappa shape index (κ1) is 12.6. The predicted molar refractivity (Wildman–Crippen MR) is 61.5 cm³/mol. The molecule has 1 N–H and O–H groups in total. The molecule has 0 aliphatic heterocycles. The zero-order valence-electron chi connectivity index (χ0n) is 9.61. The van der Waals surface area contributed by atoms with E-state index in [2.05, 4.69) is 20.5 Å². The number of nitrogens with zero attached hydrogens (tertiary/aromatic N) is 5. The molecule has 0 spiro atoms. The Morgan fingerprint density at radius 1 is 1.50 bits per heavy atom. The van der Waals surface area contributed by atoms with Crippen LogP contribution in [-0.2, 0) is 22.6 Å². The van der Waals surface area contributed by atoms with Crippen molar-refractivity contribution in [3.05, 3.63) is 16.9 Å². The van der Waals surface area contributed by atoms with Gasteiger partial charge in [0, 0.05) is 13.5 Å². The molecule has 18 heavy (non-hydrogen) atoms. The molecule has 8 nitrogen and oxygen atoms in total. The number of ether oxygens (including phenoxy) is 1. The number of hydrogen-bond donors (Lipinski definition) is 1. The van der Waals surface area contributed by atoms with Gasteiger partial charge < -0.3 is 9.84 Å². The summed E-state index contributed by atoms with van der Waals surface area (Å²) >= 11 is 1.35. The van der Waals surface area contributed by atoms with Gasteiger partial charge in [0.15, 0.2) is 0 Å². The molecular formula is C9H11N5O3S. The summed E-state index contributed by atoms with van der Waals surface area (Å²) in [6, 6.07) is 0. The molecule has 2 rings (SSSR count). The van der Waals surface area contributed by atoms with Gasteiger partial charge in [0.2, 0.25) is 5.13 Å². The summed E-state index contributed by atoms with van der Waals surface area (Å²) < 4.78 is 6.42. The SMILES string of the molecule is COCc1nnc(-n2cc(CCC(=O)O)nn2)s1. The molecule has 0 aromatic carbocycles. The van der Waals surface area contributed by atoms with Crippen LogP contribution in [0.15, 0.2) is 6.20 Å². The van der Waals surface area contributed by atoms with Gasteiger partial charge in [-0.25, -0.2) is 0 Å². The van der Waals surface area contributed by atoms with Crippen LogP contribution in [0.25, 0.3) is 5.13 Å². The molecule has 0 bridgehead atoms. The second-order valence-electron chi connectivity index (χ2n) is 3.46. The molecule has 0 saturated carbocycles. The number of carboxylic acids is 1. The lowest BCUT2D eigenvalue weighted by molar-refractivity contribution is -0.136. The maximum absolute atomic E-state index is 10.4. The number of aryl methyl sites for hydroxylation is 1. The highest BCUT2D eigenvalue weighted by Gasteiger charge is 2.09. The second kappa shape index (κ2) is 5.65. The Hall–Kier alpha value is -1.87. The lowest BCUT2D eigenvalue weighted by Crippen LogP contribution is -1.97. The Labute approximate surface area is 106 Å². The van der Waals surface area contributed by atoms with E-state index in [1.54, 1.807) is 13.3 Å². The third-order valence-electron chi connectivity index (χ3n) is 2.06. The summed E-state index contributed by atoms with van der Waals surface area (Å²) in [4.78, 5) is 10.4. The molecule has 2 aromatic rings. The van der Waals surface area contributed by atoms with E-state index in [1.807, 2.05) is 0 Å². The second-order valence-corrected chi connectivity index (χ2v) is 4.50. The summed E-state index contributed by atoms with van der Waals surface area (Å²) in [5.74, 6) is -0.858. The maximum Gasteiger partial charge on any atom is 0.303 e. The van der Waals surface area contributed by atoms with Gasteiger partial charge in [0.05, 0.1) is 18.3 Å². The Morgan fingerprint density at radius 2 is 2.33 bits per heavy atom. The van der Waals surface area contributed by atoms with Crippen molar-refractivity contribution in [1.82, 2.24) is 25.2 Å². The molecule has 0 saturated heterocycles. The molecule has 0 atom stereocenters. The highest BCUT2D eigenvalue weighted by molar-refractivity contribution is 7.13. The third kappa shape index (κ3) is 3.08. The first-order valence-corrected chi connectivity index (χ1v) is 5.95. The smallest absolute Gasteiger partial charge is 0.303 e. The number of carboxylic acid groups (broad SMARTS) is 1. The number of rotatable bonds is 6. The van der Waals surface area contributed by atoms with E-state index in [9.17, 15) is 4.79 Å². The molecule has 9 heteroatoms. The lowest BCUT2D eigenvalue weighted by atomic mass is 10.2. The molecule has 2 heterocycles. The van der Waals surface area contributed by atoms with Crippen molar-refractivity contribution in [3.8, 4) is 5.13 Å². The summed E-state index contributed by atoms with van der Waals surface area (Å²) in [6.07, 6.45) is 2.03. The molecule has 0 radical (unpaired) electrons. The van der Waals surface area contributed by atoms with E-state index < -0.39 is 5.97 Å². The molecule has 0 amide bonds. The summed E-state index contributed by atoms with van der Waals surface area (Å²) in [6.45, 7) is 0.401. The van der Waals surface area contributed by atoms with Crippen LogP contribution < -0.4 is 0 Å². The fraction of sp³-hybridized carbons (Fsp3) is 0.444. The van der Waals surface area contributed by atoms with Crippen molar-refractivity contribution in [2.45, 2.75) is 19.4 Å². The Balaban J connectivity index is 2.06. The standard InChI is InChI=1S/C9H11N5O3S/c1-17-5-7-11-12-9(18-7)14-4-6(10-13-14)2-3-8(15)16/h4H,2-3,5H2,1H3,(H,15,16). The van der Waals surface area contributed by atoms with Crippen molar-refractivity contribution in [3.63, 3.8) is 0 Å². The summed E-state index contributed by atoms with van der Waals surface area (Å²) in [5, 5.41) is 25.5. The maximum atomic E-state index is 10.4. The van der Waals surface area contributed by atoms with Crippen molar-refractivity contribution >= 4 is 17.3 Å². The quantitative estimate of drug-likeness (QED) is 0.803. The monoisotopic (exact) mass is 269 g/mol. The van der Waals surface area contributed by atoms with Crippen LogP contribution in [0.3, 0.4) is 0 Å². The predicted octanol–water partition coefficient (Wildman–Crippen LogP) is 0.282. The van der Waals surface area contributed by atoms with Crippen molar-refractivity contribution in [2.24, 2.45) is 0 Å². The van der Waals surface area contributed by atoms with Crippen molar-refractivity contribution in [1.29, 1.82) is 0 Å². The minimum atomic E-state index is -0.858. The molecule has 0 fully saturated rings. The molecule has 0 aliphatic carbocycles. The zero-order valence-corrected chi connectivity index (χ0v) is 10.4. The average molecular weight is 269 g/mol. The number of carbonyl (C=O) groups is 1. The molecule has 96 valence electrons. The van der Waals surface area contributed by atoms with Gasteiger partial charge in [-0.1, -0.05) is 16.6 Å². The topological polar surface area (TPSA) is 103 Å². The minimum Gasteiger partial charge on any atom is -0.481 e. The number of hydrogen-bond acceptors (Lipinski definition) is 7. The van der Waals surface area contributed by atoms with E-state index in [1.165, 1.54) is 16.0 Å². The van der Waals surface area contributed by atoms with Gasteiger partial charge in [0.1, 0.15) is 11.6 Å². The van der Waals surface area contributed by atoms with Crippen LogP contribution >= 0.6 is 11.3 Å². The highest BCUT2D eigenvalue weighted by Crippen LogP contribution is 2.14. The fourth-order valence-corrected chi connectivity index (χ4v) is 1.99. The highest BCUT2D eigenvalue weighted by atomic mass is 32.1. The molecule has 0 aliphatic rings. The van der Waals surface area contributed by atoms with Crippen LogP contribution in [0.1, 0.15) is 17.1 Å². The summed E-state index contributed by atoms with van der Waals surface area (Å²) in [5.41, 5.74) is 0.612. The van der Waals surface area contributed by atoms with Crippen LogP contribution in [0.5, 0.6) is 0 Å². The van der Waals surface area contributed by atoms with Gasteiger partial charge in [-0.15, -0.1) is 15.3 Å². The van der Waals surface area contributed by atoms with Gasteiger partial charge in [0.25, 0.3) is 0 Å². The molecular weight excluding hydrogens is 258 g/mol. The zero-order chi connectivity index (χ0) is 13.0. The fourth-order valence-electron chi connectivity index (χ4n) is 1.26. The van der Waals surface area contributed by atoms with E-state index in [0.717, 1.165) is 5.01 Å². The first-order valence-electron chi connectivity index (χ1n) is 5.13. The van der Waals surface area contributed by atoms with E-state index in [0.29, 0.717) is 23.9 Å². The summed E-state index contributed by atoms with van der Waals surface area (Å²) in [7, 11) is 1.58. The van der Waals surface area contributed by atoms with Gasteiger partial charge in [-0.3, -0.25) is 4.79 Å². The van der Waals surface area contributed by atoms with Crippen molar-refractivity contribution in [2.75, 3.05) is 7.11 Å². The molecule has 0 unspecified atom stereocenters. The Kier molecular flexibility index (Phi) is 3.95. The van der Waals surface area contributed by atoms with Crippen LogP contribution in [-0.4, -0.2) is 43.4 Å². The number of aliphatic carboxylic acids is 1. The number of aromatic nitrogens is 5.